The second-order valence-corrected chi connectivity index (χ2v) is 6.88. The van der Waals surface area contributed by atoms with Crippen molar-refractivity contribution >= 4 is 52.7 Å². The highest BCUT2D eigenvalue weighted by atomic mass is 35.5. The number of nitrogens with two attached hydrogens (primary N) is 1. The third-order valence-electron chi connectivity index (χ3n) is 3.73. The summed E-state index contributed by atoms with van der Waals surface area (Å²) >= 11 is 11.7. The van der Waals surface area contributed by atoms with Crippen molar-refractivity contribution in [2.75, 3.05) is 17.6 Å². The minimum Gasteiger partial charge on any atom is -0.456 e. The lowest BCUT2D eigenvalue weighted by Crippen LogP contribution is -2.30. The minimum atomic E-state index is -0.731. The quantitative estimate of drug-likeness (QED) is 0.454. The first-order valence-corrected chi connectivity index (χ1v) is 9.47. The standard InChI is InChI=1S/C19H15Cl2FN6O3/c20-10-1-6-13(14(21)7-10)17(30)24-8-16(29)31-9-15-26-18(23)28-19(27-15)25-12-4-2-11(22)3-5-12/h1-7H,8-9H2,(H,24,30)(H3,23,25,26,27,28). The van der Waals surface area contributed by atoms with Crippen molar-refractivity contribution in [3.05, 3.63) is 69.7 Å². The minimum absolute atomic E-state index is 0.0810. The Balaban J connectivity index is 1.54. The molecule has 4 N–H and O–H groups in total. The maximum atomic E-state index is 13.0. The Hall–Kier alpha value is -3.50. The topological polar surface area (TPSA) is 132 Å². The molecule has 12 heteroatoms. The van der Waals surface area contributed by atoms with Crippen LogP contribution in [0.15, 0.2) is 42.5 Å². The molecule has 0 unspecified atom stereocenters. The summed E-state index contributed by atoms with van der Waals surface area (Å²) in [6.45, 7) is -0.708. The van der Waals surface area contributed by atoms with E-state index in [1.165, 1.54) is 42.5 Å². The van der Waals surface area contributed by atoms with E-state index in [0.29, 0.717) is 10.7 Å². The van der Waals surface area contributed by atoms with Crippen LogP contribution in [0, 0.1) is 5.82 Å². The Morgan fingerprint density at radius 3 is 2.52 bits per heavy atom. The van der Waals surface area contributed by atoms with E-state index in [2.05, 4.69) is 25.6 Å². The smallest absolute Gasteiger partial charge is 0.325 e. The molecular weight excluding hydrogens is 450 g/mol. The Bertz CT molecular complexity index is 1110. The zero-order valence-electron chi connectivity index (χ0n) is 15.7. The fraction of sp³-hybridized carbons (Fsp3) is 0.105. The lowest BCUT2D eigenvalue weighted by atomic mass is 10.2. The van der Waals surface area contributed by atoms with Gasteiger partial charge in [0.2, 0.25) is 11.9 Å². The summed E-state index contributed by atoms with van der Waals surface area (Å²) in [7, 11) is 0. The summed E-state index contributed by atoms with van der Waals surface area (Å²) in [5, 5.41) is 5.77. The molecule has 160 valence electrons. The van der Waals surface area contributed by atoms with E-state index in [0.717, 1.165) is 0 Å². The lowest BCUT2D eigenvalue weighted by Gasteiger charge is -2.09. The van der Waals surface area contributed by atoms with Gasteiger partial charge >= 0.3 is 5.97 Å². The molecule has 0 aliphatic rings. The number of hydrogen-bond acceptors (Lipinski definition) is 8. The van der Waals surface area contributed by atoms with Gasteiger partial charge in [-0.15, -0.1) is 0 Å². The van der Waals surface area contributed by atoms with Crippen molar-refractivity contribution in [3.63, 3.8) is 0 Å². The van der Waals surface area contributed by atoms with Gasteiger partial charge in [0.1, 0.15) is 12.4 Å². The third kappa shape index (κ3) is 6.49. The fourth-order valence-electron chi connectivity index (χ4n) is 2.34. The van der Waals surface area contributed by atoms with Gasteiger partial charge in [-0.05, 0) is 42.5 Å². The van der Waals surface area contributed by atoms with Crippen LogP contribution in [0.1, 0.15) is 16.2 Å². The molecule has 2 aromatic carbocycles. The highest BCUT2D eigenvalue weighted by Crippen LogP contribution is 2.20. The molecule has 3 aromatic rings. The van der Waals surface area contributed by atoms with Crippen LogP contribution >= 0.6 is 23.2 Å². The van der Waals surface area contributed by atoms with Crippen LogP contribution in [0.3, 0.4) is 0 Å². The molecular formula is C19H15Cl2FN6O3. The van der Waals surface area contributed by atoms with Gasteiger partial charge in [0.05, 0.1) is 10.6 Å². The summed E-state index contributed by atoms with van der Waals surface area (Å²) in [6, 6.07) is 9.87. The van der Waals surface area contributed by atoms with Gasteiger partial charge < -0.3 is 21.1 Å². The summed E-state index contributed by atoms with van der Waals surface area (Å²) in [5.74, 6) is -1.61. The van der Waals surface area contributed by atoms with E-state index >= 15 is 0 Å². The molecule has 0 aliphatic heterocycles. The Labute approximate surface area is 185 Å². The molecule has 1 heterocycles. The number of aromatic nitrogens is 3. The zero-order valence-corrected chi connectivity index (χ0v) is 17.2. The Morgan fingerprint density at radius 1 is 1.06 bits per heavy atom. The van der Waals surface area contributed by atoms with Crippen molar-refractivity contribution < 1.29 is 18.7 Å². The molecule has 0 fully saturated rings. The van der Waals surface area contributed by atoms with E-state index < -0.39 is 24.2 Å². The zero-order chi connectivity index (χ0) is 22.4. The number of carbonyl (C=O) groups excluding carboxylic acids is 2. The number of nitrogens with zero attached hydrogens (tertiary/aromatic N) is 3. The molecule has 0 spiro atoms. The van der Waals surface area contributed by atoms with Crippen LogP contribution in [0.4, 0.5) is 22.0 Å². The molecule has 31 heavy (non-hydrogen) atoms. The molecule has 0 atom stereocenters. The molecule has 0 saturated heterocycles. The fourth-order valence-corrected chi connectivity index (χ4v) is 2.83. The molecule has 1 aromatic heterocycles. The van der Waals surface area contributed by atoms with Crippen LogP contribution in [0.25, 0.3) is 0 Å². The van der Waals surface area contributed by atoms with Crippen LogP contribution in [-0.2, 0) is 16.1 Å². The third-order valence-corrected chi connectivity index (χ3v) is 4.28. The molecule has 0 radical (unpaired) electrons. The lowest BCUT2D eigenvalue weighted by molar-refractivity contribution is -0.143. The van der Waals surface area contributed by atoms with E-state index in [4.69, 9.17) is 33.7 Å². The number of nitrogens with one attached hydrogen (secondary N) is 2. The van der Waals surface area contributed by atoms with Crippen LogP contribution in [0.5, 0.6) is 0 Å². The second-order valence-electron chi connectivity index (χ2n) is 6.03. The van der Waals surface area contributed by atoms with Gasteiger partial charge in [-0.2, -0.15) is 15.0 Å². The van der Waals surface area contributed by atoms with E-state index in [9.17, 15) is 14.0 Å². The maximum Gasteiger partial charge on any atom is 0.325 e. The molecule has 3 rings (SSSR count). The molecule has 0 aliphatic carbocycles. The predicted octanol–water partition coefficient (Wildman–Crippen LogP) is 3.12. The van der Waals surface area contributed by atoms with Gasteiger partial charge in [0.15, 0.2) is 12.4 Å². The van der Waals surface area contributed by atoms with Crippen molar-refractivity contribution in [2.24, 2.45) is 0 Å². The maximum absolute atomic E-state index is 13.0. The molecule has 9 nitrogen and oxygen atoms in total. The Kier molecular flexibility index (Phi) is 7.16. The number of halogens is 3. The van der Waals surface area contributed by atoms with E-state index in [-0.39, 0.29) is 34.9 Å². The van der Waals surface area contributed by atoms with Crippen molar-refractivity contribution in [3.8, 4) is 0 Å². The number of benzene rings is 2. The number of amides is 1. The number of nitrogen functional groups attached to an aromatic ring is 1. The second kappa shape index (κ2) is 10.0. The average molecular weight is 465 g/mol. The van der Waals surface area contributed by atoms with Crippen LogP contribution in [-0.4, -0.2) is 33.4 Å². The van der Waals surface area contributed by atoms with Gasteiger partial charge in [-0.3, -0.25) is 9.59 Å². The monoisotopic (exact) mass is 464 g/mol. The number of ether oxygens (including phenoxy) is 1. The van der Waals surface area contributed by atoms with E-state index in [1.807, 2.05) is 0 Å². The summed E-state index contributed by atoms with van der Waals surface area (Å²) < 4.78 is 18.0. The van der Waals surface area contributed by atoms with Gasteiger partial charge in [-0.25, -0.2) is 4.39 Å². The van der Waals surface area contributed by atoms with Crippen LogP contribution < -0.4 is 16.4 Å². The first-order valence-electron chi connectivity index (χ1n) is 8.72. The largest absolute Gasteiger partial charge is 0.456 e. The van der Waals surface area contributed by atoms with Gasteiger partial charge in [-0.1, -0.05) is 23.2 Å². The van der Waals surface area contributed by atoms with Crippen molar-refractivity contribution in [1.82, 2.24) is 20.3 Å². The number of anilines is 3. The normalized spacial score (nSPS) is 10.4. The van der Waals surface area contributed by atoms with Crippen molar-refractivity contribution in [2.45, 2.75) is 6.61 Å². The first-order chi connectivity index (χ1) is 14.8. The summed E-state index contributed by atoms with van der Waals surface area (Å²) in [6.07, 6.45) is 0. The number of rotatable bonds is 7. The van der Waals surface area contributed by atoms with E-state index in [1.54, 1.807) is 0 Å². The highest BCUT2D eigenvalue weighted by molar-refractivity contribution is 6.36. The number of carbonyl (C=O) groups is 2. The summed E-state index contributed by atoms with van der Waals surface area (Å²) in [5.41, 5.74) is 6.34. The van der Waals surface area contributed by atoms with Gasteiger partial charge in [0.25, 0.3) is 5.91 Å². The van der Waals surface area contributed by atoms with Crippen LogP contribution in [0.2, 0.25) is 10.0 Å². The van der Waals surface area contributed by atoms with Gasteiger partial charge in [0, 0.05) is 10.7 Å². The molecule has 0 saturated carbocycles. The highest BCUT2D eigenvalue weighted by Gasteiger charge is 2.14. The predicted molar refractivity (Wildman–Crippen MR) is 113 cm³/mol. The summed E-state index contributed by atoms with van der Waals surface area (Å²) in [4.78, 5) is 35.9. The average Bonchev–Trinajstić information content (AvgIpc) is 2.72. The number of hydrogen-bond donors (Lipinski definition) is 3. The molecule has 0 bridgehead atoms. The Morgan fingerprint density at radius 2 is 1.81 bits per heavy atom. The van der Waals surface area contributed by atoms with Crippen molar-refractivity contribution in [1.29, 1.82) is 0 Å². The SMILES string of the molecule is Nc1nc(COC(=O)CNC(=O)c2ccc(Cl)cc2Cl)nc(Nc2ccc(F)cc2)n1. The molecule has 1 amide bonds. The number of esters is 1. The first kappa shape index (κ1) is 22.2.